The predicted molar refractivity (Wildman–Crippen MR) is 232 cm³/mol. The molecule has 0 nitrogen and oxygen atoms in total. The highest BCUT2D eigenvalue weighted by Gasteiger charge is 2.25. The van der Waals surface area contributed by atoms with Gasteiger partial charge in [0.05, 0.1) is 0 Å². The molecule has 0 saturated heterocycles. The molecule has 10 rings (SSSR count). The third-order valence-electron chi connectivity index (χ3n) is 11.6. The molecule has 0 aliphatic heterocycles. The van der Waals surface area contributed by atoms with Crippen molar-refractivity contribution < 1.29 is 0 Å². The highest BCUT2D eigenvalue weighted by Crippen LogP contribution is 2.49. The summed E-state index contributed by atoms with van der Waals surface area (Å²) in [6.07, 6.45) is 8.50. The van der Waals surface area contributed by atoms with Crippen LogP contribution >= 0.6 is 0 Å². The molecule has 1 unspecified atom stereocenters. The van der Waals surface area contributed by atoms with E-state index in [9.17, 15) is 0 Å². The molecular weight excluding hydrogens is 649 g/mol. The lowest BCUT2D eigenvalue weighted by Gasteiger charge is -2.17. The van der Waals surface area contributed by atoms with Crippen molar-refractivity contribution >= 4 is 32.7 Å². The average molecular weight is 687 g/mol. The van der Waals surface area contributed by atoms with Gasteiger partial charge in [-0.3, -0.25) is 0 Å². The summed E-state index contributed by atoms with van der Waals surface area (Å²) in [4.78, 5) is 0. The molecule has 0 spiro atoms. The largest absolute Gasteiger partial charge is 0.102 e. The minimum Gasteiger partial charge on any atom is -0.102 e. The summed E-state index contributed by atoms with van der Waals surface area (Å²) in [5, 5.41) is 5.13. The van der Waals surface area contributed by atoms with Crippen LogP contribution in [0.5, 0.6) is 0 Å². The molecule has 0 radical (unpaired) electrons. The number of rotatable bonds is 7. The first-order valence-corrected chi connectivity index (χ1v) is 18.8. The van der Waals surface area contributed by atoms with Crippen LogP contribution in [-0.2, 0) is 0 Å². The summed E-state index contributed by atoms with van der Waals surface area (Å²) in [5.74, 6) is 0.169. The van der Waals surface area contributed by atoms with Crippen LogP contribution in [0, 0.1) is 0 Å². The van der Waals surface area contributed by atoms with E-state index in [-0.39, 0.29) is 5.92 Å². The molecule has 0 aromatic heterocycles. The fourth-order valence-corrected chi connectivity index (χ4v) is 9.02. The molecule has 0 fully saturated rings. The highest BCUT2D eigenvalue weighted by molar-refractivity contribution is 6.18. The van der Waals surface area contributed by atoms with E-state index < -0.39 is 0 Å². The maximum absolute atomic E-state index is 4.15. The van der Waals surface area contributed by atoms with E-state index in [0.29, 0.717) is 0 Å². The number of benzene rings is 8. The number of allylic oxidation sites excluding steroid dienone is 5. The van der Waals surface area contributed by atoms with Crippen LogP contribution in [0.2, 0.25) is 0 Å². The van der Waals surface area contributed by atoms with E-state index >= 15 is 0 Å². The minimum absolute atomic E-state index is 0.169. The lowest BCUT2D eigenvalue weighted by atomic mass is 9.86. The van der Waals surface area contributed by atoms with Gasteiger partial charge in [-0.25, -0.2) is 0 Å². The molecule has 54 heavy (non-hydrogen) atoms. The molecule has 2 aliphatic carbocycles. The Morgan fingerprint density at radius 1 is 0.500 bits per heavy atom. The van der Waals surface area contributed by atoms with Gasteiger partial charge in [0.1, 0.15) is 0 Å². The van der Waals surface area contributed by atoms with Gasteiger partial charge in [-0.05, 0) is 142 Å². The van der Waals surface area contributed by atoms with Gasteiger partial charge in [-0.1, -0.05) is 164 Å². The second kappa shape index (κ2) is 12.7. The summed E-state index contributed by atoms with van der Waals surface area (Å²) in [5.41, 5.74) is 20.1. The molecular formula is C54H38. The fourth-order valence-electron chi connectivity index (χ4n) is 9.02. The Kier molecular flexibility index (Phi) is 7.53. The van der Waals surface area contributed by atoms with E-state index in [1.165, 1.54) is 111 Å². The maximum Gasteiger partial charge on any atom is 0.0217 e. The fraction of sp³-hybridized carbons (Fsp3) is 0.0370. The third-order valence-corrected chi connectivity index (χ3v) is 11.6. The first-order chi connectivity index (χ1) is 26.6. The number of hydrogen-bond acceptors (Lipinski definition) is 0. The molecule has 0 bridgehead atoms. The van der Waals surface area contributed by atoms with Crippen LogP contribution in [0.3, 0.4) is 0 Å². The lowest BCUT2D eigenvalue weighted by molar-refractivity contribution is 1.11. The van der Waals surface area contributed by atoms with Gasteiger partial charge < -0.3 is 0 Å². The monoisotopic (exact) mass is 686 g/mol. The third kappa shape index (κ3) is 4.99. The van der Waals surface area contributed by atoms with E-state index in [0.717, 1.165) is 0 Å². The summed E-state index contributed by atoms with van der Waals surface area (Å²) < 4.78 is 0. The first-order valence-electron chi connectivity index (χ1n) is 18.8. The molecule has 8 aromatic rings. The van der Waals surface area contributed by atoms with Crippen LogP contribution in [-0.4, -0.2) is 0 Å². The molecule has 0 heteroatoms. The normalized spacial score (nSPS) is 14.2. The van der Waals surface area contributed by atoms with Crippen molar-refractivity contribution in [2.75, 3.05) is 0 Å². The predicted octanol–water partition coefficient (Wildman–Crippen LogP) is 14.9. The molecule has 2 aliphatic rings. The van der Waals surface area contributed by atoms with Crippen molar-refractivity contribution in [2.24, 2.45) is 0 Å². The van der Waals surface area contributed by atoms with Gasteiger partial charge in [0, 0.05) is 5.92 Å². The molecule has 0 amide bonds. The van der Waals surface area contributed by atoms with Crippen LogP contribution in [0.4, 0.5) is 0 Å². The van der Waals surface area contributed by atoms with Crippen LogP contribution in [0.15, 0.2) is 195 Å². The topological polar surface area (TPSA) is 0 Å². The highest BCUT2D eigenvalue weighted by atomic mass is 14.3. The molecule has 8 aromatic carbocycles. The Hall–Kier alpha value is -6.76. The van der Waals surface area contributed by atoms with Crippen molar-refractivity contribution in [3.8, 4) is 55.6 Å². The Morgan fingerprint density at radius 3 is 1.81 bits per heavy atom. The van der Waals surface area contributed by atoms with Crippen molar-refractivity contribution in [1.29, 1.82) is 0 Å². The van der Waals surface area contributed by atoms with Gasteiger partial charge in [0.15, 0.2) is 0 Å². The first kappa shape index (κ1) is 31.9. The van der Waals surface area contributed by atoms with Crippen molar-refractivity contribution in [2.45, 2.75) is 12.8 Å². The maximum atomic E-state index is 4.15. The standard InChI is InChI=1S/C54H38/c1-4-34-29-35(5-2)53-46(34)19-11-20-49(53)44(6-3)42-15-9-13-36(32-42)38-23-25-41-31-39(24-26-40(41)30-38)37-14-10-16-43(33-37)45-27-28-52-48-18-8-7-17-47(48)51-22-12-21-50(45)54(51)52/h4-33,35H,1-2H2,3H3/b44-6-. The van der Waals surface area contributed by atoms with Crippen molar-refractivity contribution in [3.05, 3.63) is 217 Å². The zero-order valence-electron chi connectivity index (χ0n) is 30.3. The lowest BCUT2D eigenvalue weighted by Crippen LogP contribution is -1.99. The average Bonchev–Trinajstić information content (AvgIpc) is 3.78. The summed E-state index contributed by atoms with van der Waals surface area (Å²) in [6.45, 7) is 10.4. The van der Waals surface area contributed by atoms with Gasteiger partial charge in [-0.2, -0.15) is 0 Å². The Balaban J connectivity index is 0.972. The van der Waals surface area contributed by atoms with Crippen molar-refractivity contribution in [3.63, 3.8) is 0 Å². The SMILES string of the molecule is C=CC1=CC(C=C)c2c1cccc2/C(=C\C)c1cccc(-c2ccc3cc(-c4cccc(-c5ccc6c7c(cccc57)-c5ccccc5-6)c4)ccc3c2)c1. The van der Waals surface area contributed by atoms with E-state index in [1.807, 2.05) is 12.2 Å². The van der Waals surface area contributed by atoms with Gasteiger partial charge >= 0.3 is 0 Å². The van der Waals surface area contributed by atoms with Gasteiger partial charge in [0.25, 0.3) is 0 Å². The van der Waals surface area contributed by atoms with E-state index in [2.05, 4.69) is 190 Å². The number of fused-ring (bicyclic) bond motifs is 5. The van der Waals surface area contributed by atoms with Gasteiger partial charge in [-0.15, -0.1) is 6.58 Å². The van der Waals surface area contributed by atoms with E-state index in [1.54, 1.807) is 0 Å². The second-order valence-electron chi connectivity index (χ2n) is 14.4. The minimum atomic E-state index is 0.169. The zero-order chi connectivity index (χ0) is 36.3. The Morgan fingerprint density at radius 2 is 1.09 bits per heavy atom. The molecule has 0 saturated carbocycles. The molecule has 0 N–H and O–H groups in total. The second-order valence-corrected chi connectivity index (χ2v) is 14.4. The molecule has 1 atom stereocenters. The molecule has 0 heterocycles. The number of hydrogen-bond donors (Lipinski definition) is 0. The zero-order valence-corrected chi connectivity index (χ0v) is 30.3. The van der Waals surface area contributed by atoms with Crippen LogP contribution < -0.4 is 0 Å². The summed E-state index contributed by atoms with van der Waals surface area (Å²) >= 11 is 0. The Bertz CT molecular complexity index is 2900. The van der Waals surface area contributed by atoms with Crippen LogP contribution in [0.25, 0.3) is 88.3 Å². The smallest absolute Gasteiger partial charge is 0.0217 e. The summed E-state index contributed by atoms with van der Waals surface area (Å²) in [7, 11) is 0. The Labute approximate surface area is 317 Å². The van der Waals surface area contributed by atoms with Crippen molar-refractivity contribution in [1.82, 2.24) is 0 Å². The quantitative estimate of drug-likeness (QED) is 0.146. The van der Waals surface area contributed by atoms with E-state index in [4.69, 9.17) is 0 Å². The molecule has 254 valence electrons. The van der Waals surface area contributed by atoms with Crippen LogP contribution in [0.1, 0.15) is 35.1 Å². The van der Waals surface area contributed by atoms with Gasteiger partial charge in [0.2, 0.25) is 0 Å². The summed E-state index contributed by atoms with van der Waals surface area (Å²) in [6, 6.07) is 58.4.